The zero-order chi connectivity index (χ0) is 15.8. The smallest absolute Gasteiger partial charge is 0.320 e. The van der Waals surface area contributed by atoms with Crippen molar-refractivity contribution < 1.29 is 14.3 Å². The van der Waals surface area contributed by atoms with Crippen LogP contribution in [0.25, 0.3) is 0 Å². The lowest BCUT2D eigenvalue weighted by Crippen LogP contribution is -2.33. The van der Waals surface area contributed by atoms with E-state index in [9.17, 15) is 4.79 Å². The SMILES string of the molecule is Nc1nc(OCCC2CC2)nc2c1CC(=O)N2CC1CCOC1. The molecule has 1 atom stereocenters. The second kappa shape index (κ2) is 5.96. The number of amides is 1. The molecule has 1 saturated heterocycles. The topological polar surface area (TPSA) is 90.6 Å². The highest BCUT2D eigenvalue weighted by atomic mass is 16.5. The molecule has 7 nitrogen and oxygen atoms in total. The largest absolute Gasteiger partial charge is 0.463 e. The standard InChI is InChI=1S/C16H22N4O3/c17-14-12-7-13(21)20(8-11-3-5-22-9-11)15(12)19-16(18-14)23-6-4-10-1-2-10/h10-11H,1-9H2,(H2,17,18,19). The van der Waals surface area contributed by atoms with Gasteiger partial charge in [-0.25, -0.2) is 0 Å². The first-order valence-electron chi connectivity index (χ1n) is 8.38. The Morgan fingerprint density at radius 2 is 2.13 bits per heavy atom. The molecule has 2 aliphatic heterocycles. The van der Waals surface area contributed by atoms with E-state index in [1.807, 2.05) is 0 Å². The Balaban J connectivity index is 1.50. The van der Waals surface area contributed by atoms with Crippen molar-refractivity contribution in [3.05, 3.63) is 5.56 Å². The first-order chi connectivity index (χ1) is 11.2. The number of hydrogen-bond acceptors (Lipinski definition) is 6. The van der Waals surface area contributed by atoms with E-state index in [4.69, 9.17) is 15.2 Å². The molecule has 1 saturated carbocycles. The van der Waals surface area contributed by atoms with Crippen LogP contribution >= 0.6 is 0 Å². The summed E-state index contributed by atoms with van der Waals surface area (Å²) in [6.07, 6.45) is 4.87. The summed E-state index contributed by atoms with van der Waals surface area (Å²) >= 11 is 0. The van der Waals surface area contributed by atoms with Gasteiger partial charge >= 0.3 is 6.01 Å². The van der Waals surface area contributed by atoms with E-state index in [0.29, 0.717) is 37.3 Å². The van der Waals surface area contributed by atoms with Crippen LogP contribution in [0.15, 0.2) is 0 Å². The number of rotatable bonds is 6. The van der Waals surface area contributed by atoms with Crippen molar-refractivity contribution in [1.29, 1.82) is 0 Å². The highest BCUT2D eigenvalue weighted by molar-refractivity contribution is 6.01. The highest BCUT2D eigenvalue weighted by Gasteiger charge is 2.34. The number of nitrogens with two attached hydrogens (primary N) is 1. The quantitative estimate of drug-likeness (QED) is 0.846. The number of hydrogen-bond donors (Lipinski definition) is 1. The fourth-order valence-corrected chi connectivity index (χ4v) is 3.19. The minimum absolute atomic E-state index is 0.0306. The third-order valence-corrected chi connectivity index (χ3v) is 4.80. The van der Waals surface area contributed by atoms with Crippen LogP contribution < -0.4 is 15.4 Å². The van der Waals surface area contributed by atoms with Crippen LogP contribution in [-0.2, 0) is 16.0 Å². The third kappa shape index (κ3) is 3.10. The predicted octanol–water partition coefficient (Wildman–Crippen LogP) is 1.16. The molecule has 3 heterocycles. The molecule has 4 rings (SSSR count). The van der Waals surface area contributed by atoms with E-state index >= 15 is 0 Å². The molecule has 2 fully saturated rings. The lowest BCUT2D eigenvalue weighted by Gasteiger charge is -2.20. The molecule has 0 aromatic carbocycles. The van der Waals surface area contributed by atoms with E-state index in [2.05, 4.69) is 9.97 Å². The Morgan fingerprint density at radius 1 is 1.26 bits per heavy atom. The molecule has 7 heteroatoms. The van der Waals surface area contributed by atoms with Gasteiger partial charge in [-0.2, -0.15) is 9.97 Å². The average Bonchev–Trinajstić information content (AvgIpc) is 3.10. The van der Waals surface area contributed by atoms with Crippen molar-refractivity contribution in [1.82, 2.24) is 9.97 Å². The van der Waals surface area contributed by atoms with Gasteiger partial charge in [-0.1, -0.05) is 12.8 Å². The van der Waals surface area contributed by atoms with Crippen molar-refractivity contribution in [2.24, 2.45) is 11.8 Å². The van der Waals surface area contributed by atoms with Gasteiger partial charge in [0.15, 0.2) is 0 Å². The van der Waals surface area contributed by atoms with Gasteiger partial charge in [0.05, 0.1) is 19.6 Å². The van der Waals surface area contributed by atoms with Crippen molar-refractivity contribution in [2.75, 3.05) is 37.0 Å². The van der Waals surface area contributed by atoms with Gasteiger partial charge in [0.1, 0.15) is 11.6 Å². The van der Waals surface area contributed by atoms with Gasteiger partial charge in [0.25, 0.3) is 0 Å². The number of carbonyl (C=O) groups excluding carboxylic acids is 1. The molecule has 0 bridgehead atoms. The lowest BCUT2D eigenvalue weighted by molar-refractivity contribution is -0.117. The summed E-state index contributed by atoms with van der Waals surface area (Å²) in [5.41, 5.74) is 6.74. The Bertz CT molecular complexity index is 612. The number of carbonyl (C=O) groups is 1. The Hall–Kier alpha value is -1.89. The summed E-state index contributed by atoms with van der Waals surface area (Å²) in [7, 11) is 0. The van der Waals surface area contributed by atoms with Gasteiger partial charge in [0.2, 0.25) is 5.91 Å². The van der Waals surface area contributed by atoms with Crippen LogP contribution in [0.2, 0.25) is 0 Å². The maximum Gasteiger partial charge on any atom is 0.320 e. The number of aromatic nitrogens is 2. The van der Waals surface area contributed by atoms with Crippen LogP contribution in [0.3, 0.4) is 0 Å². The summed E-state index contributed by atoms with van der Waals surface area (Å²) in [4.78, 5) is 22.7. The van der Waals surface area contributed by atoms with Crippen LogP contribution in [0.1, 0.15) is 31.2 Å². The van der Waals surface area contributed by atoms with E-state index in [-0.39, 0.29) is 18.3 Å². The van der Waals surface area contributed by atoms with Crippen molar-refractivity contribution in [3.63, 3.8) is 0 Å². The molecule has 1 aromatic heterocycles. The summed E-state index contributed by atoms with van der Waals surface area (Å²) in [5.74, 6) is 2.16. The number of nitrogens with zero attached hydrogens (tertiary/aromatic N) is 3. The van der Waals surface area contributed by atoms with Gasteiger partial charge in [0, 0.05) is 24.6 Å². The minimum Gasteiger partial charge on any atom is -0.463 e. The molecule has 0 radical (unpaired) electrons. The third-order valence-electron chi connectivity index (χ3n) is 4.80. The lowest BCUT2D eigenvalue weighted by atomic mass is 10.1. The normalized spacial score (nSPS) is 23.4. The van der Waals surface area contributed by atoms with Gasteiger partial charge < -0.3 is 15.2 Å². The maximum atomic E-state index is 12.3. The number of nitrogen functional groups attached to an aromatic ring is 1. The monoisotopic (exact) mass is 318 g/mol. The second-order valence-corrected chi connectivity index (χ2v) is 6.68. The van der Waals surface area contributed by atoms with Gasteiger partial charge in [-0.15, -0.1) is 0 Å². The van der Waals surface area contributed by atoms with Crippen molar-refractivity contribution >= 4 is 17.5 Å². The number of anilines is 2. The number of fused-ring (bicyclic) bond motifs is 1. The van der Waals surface area contributed by atoms with E-state index in [1.54, 1.807) is 4.90 Å². The molecule has 124 valence electrons. The zero-order valence-corrected chi connectivity index (χ0v) is 13.2. The molecule has 0 spiro atoms. The molecule has 1 aromatic rings. The molecule has 1 aliphatic carbocycles. The van der Waals surface area contributed by atoms with Gasteiger partial charge in [-0.05, 0) is 18.8 Å². The Morgan fingerprint density at radius 3 is 2.87 bits per heavy atom. The molecular weight excluding hydrogens is 296 g/mol. The van der Waals surface area contributed by atoms with Crippen LogP contribution in [0.5, 0.6) is 6.01 Å². The summed E-state index contributed by atoms with van der Waals surface area (Å²) in [6.45, 7) is 2.70. The van der Waals surface area contributed by atoms with Crippen LogP contribution in [0.4, 0.5) is 11.6 Å². The molecule has 23 heavy (non-hydrogen) atoms. The molecule has 1 unspecified atom stereocenters. The highest BCUT2D eigenvalue weighted by Crippen LogP contribution is 2.34. The molecular formula is C16H22N4O3. The summed E-state index contributed by atoms with van der Waals surface area (Å²) in [5, 5.41) is 0. The summed E-state index contributed by atoms with van der Waals surface area (Å²) < 4.78 is 11.1. The molecule has 1 amide bonds. The number of ether oxygens (including phenoxy) is 2. The first-order valence-corrected chi connectivity index (χ1v) is 8.38. The summed E-state index contributed by atoms with van der Waals surface area (Å²) in [6, 6.07) is 0.282. The van der Waals surface area contributed by atoms with Crippen molar-refractivity contribution in [2.45, 2.75) is 32.1 Å². The predicted molar refractivity (Wildman–Crippen MR) is 84.3 cm³/mol. The van der Waals surface area contributed by atoms with E-state index in [1.165, 1.54) is 12.8 Å². The van der Waals surface area contributed by atoms with E-state index < -0.39 is 0 Å². The minimum atomic E-state index is 0.0306. The zero-order valence-electron chi connectivity index (χ0n) is 13.2. The van der Waals surface area contributed by atoms with E-state index in [0.717, 1.165) is 30.9 Å². The van der Waals surface area contributed by atoms with Crippen LogP contribution in [-0.4, -0.2) is 42.2 Å². The van der Waals surface area contributed by atoms with Gasteiger partial charge in [-0.3, -0.25) is 9.69 Å². The molecule has 3 aliphatic rings. The fourth-order valence-electron chi connectivity index (χ4n) is 3.19. The van der Waals surface area contributed by atoms with Crippen LogP contribution in [0, 0.1) is 11.8 Å². The first kappa shape index (κ1) is 14.7. The maximum absolute atomic E-state index is 12.3. The fraction of sp³-hybridized carbons (Fsp3) is 0.688. The van der Waals surface area contributed by atoms with Crippen molar-refractivity contribution in [3.8, 4) is 6.01 Å². The Labute approximate surface area is 135 Å². The Kier molecular flexibility index (Phi) is 3.80. The molecule has 2 N–H and O–H groups in total. The average molecular weight is 318 g/mol. The second-order valence-electron chi connectivity index (χ2n) is 6.68.